The molecule has 1 saturated carbocycles. The smallest absolute Gasteiger partial charge is 0.414 e. The quantitative estimate of drug-likeness (QED) is 0.0896. The number of likely N-dealkylation sites (tertiary alicyclic amines) is 1. The van der Waals surface area contributed by atoms with Crippen LogP contribution < -0.4 is 15.5 Å². The molecule has 2 aliphatic rings. The molecule has 0 bridgehead atoms. The molecule has 1 aliphatic carbocycles. The molecule has 1 aliphatic heterocycles. The van der Waals surface area contributed by atoms with Gasteiger partial charge in [0, 0.05) is 68.9 Å². The Hall–Kier alpha value is -4.86. The van der Waals surface area contributed by atoms with Crippen LogP contribution in [0.15, 0.2) is 66.2 Å². The number of thiazole rings is 1. The molecule has 0 spiro atoms. The van der Waals surface area contributed by atoms with Gasteiger partial charge in [-0.2, -0.15) is 0 Å². The Morgan fingerprint density at radius 3 is 2.10 bits per heavy atom. The normalized spacial score (nSPS) is 18.5. The average Bonchev–Trinajstić information content (AvgIpc) is 3.66. The minimum absolute atomic E-state index is 0.0174. The first-order valence-corrected chi connectivity index (χ1v) is 26.8. The Kier molecular flexibility index (Phi) is 20.2. The number of nitrogens with zero attached hydrogens (tertiary/aromatic N) is 5. The first-order valence-electron chi connectivity index (χ1n) is 25.9. The van der Waals surface area contributed by atoms with E-state index in [2.05, 4.69) is 41.6 Å². The topological polar surface area (TPSA) is 154 Å². The third kappa shape index (κ3) is 14.7. The van der Waals surface area contributed by atoms with Crippen molar-refractivity contribution in [2.24, 2.45) is 29.1 Å². The molecule has 5 rings (SSSR count). The zero-order chi connectivity index (χ0) is 52.4. The number of anilines is 1. The van der Waals surface area contributed by atoms with E-state index in [9.17, 15) is 24.0 Å². The molecule has 14 nitrogen and oxygen atoms in total. The summed E-state index contributed by atoms with van der Waals surface area (Å²) in [7, 11) is 7.00. The molecule has 0 radical (unpaired) electrons. The van der Waals surface area contributed by atoms with E-state index in [4.69, 9.17) is 9.47 Å². The molecule has 5 amide bonds. The van der Waals surface area contributed by atoms with E-state index in [-0.39, 0.29) is 71.2 Å². The molecule has 71 heavy (non-hydrogen) atoms. The van der Waals surface area contributed by atoms with Crippen molar-refractivity contribution >= 4 is 46.7 Å². The number of methoxy groups -OCH3 is 1. The Balaban J connectivity index is 1.24. The van der Waals surface area contributed by atoms with Gasteiger partial charge in [-0.1, -0.05) is 97.4 Å². The van der Waals surface area contributed by atoms with Crippen molar-refractivity contribution in [2.75, 3.05) is 46.2 Å². The number of hydrogen-bond acceptors (Lipinski definition) is 10. The summed E-state index contributed by atoms with van der Waals surface area (Å²) in [6.45, 7) is 20.8. The molecule has 392 valence electrons. The van der Waals surface area contributed by atoms with Crippen LogP contribution in [0.3, 0.4) is 0 Å². The second kappa shape index (κ2) is 25.2. The maximum atomic E-state index is 14.8. The number of carbonyl (C=O) groups excluding carboxylic acids is 5. The van der Waals surface area contributed by atoms with Gasteiger partial charge in [-0.15, -0.1) is 11.3 Å². The Bertz CT molecular complexity index is 2190. The van der Waals surface area contributed by atoms with Crippen LogP contribution in [0.2, 0.25) is 0 Å². The third-order valence-electron chi connectivity index (χ3n) is 15.1. The van der Waals surface area contributed by atoms with E-state index in [0.717, 1.165) is 53.9 Å². The summed E-state index contributed by atoms with van der Waals surface area (Å²) in [5.41, 5.74) is 1.98. The molecule has 1 saturated heterocycles. The summed E-state index contributed by atoms with van der Waals surface area (Å²) in [6, 6.07) is 15.8. The molecule has 8 atom stereocenters. The molecule has 1 aromatic heterocycles. The largest absolute Gasteiger partial charge is 0.443 e. The first-order chi connectivity index (χ1) is 33.5. The maximum Gasteiger partial charge on any atom is 0.414 e. The number of benzene rings is 2. The summed E-state index contributed by atoms with van der Waals surface area (Å²) in [5, 5.41) is 9.33. The Morgan fingerprint density at radius 2 is 1.55 bits per heavy atom. The highest BCUT2D eigenvalue weighted by atomic mass is 32.1. The lowest BCUT2D eigenvalue weighted by atomic mass is 9.81. The number of aromatic nitrogens is 1. The van der Waals surface area contributed by atoms with E-state index in [1.807, 2.05) is 120 Å². The number of carbonyl (C=O) groups is 5. The highest BCUT2D eigenvalue weighted by molar-refractivity contribution is 7.09. The molecular weight excluding hydrogens is 915 g/mol. The fraction of sp³-hybridized carbons (Fsp3) is 0.643. The summed E-state index contributed by atoms with van der Waals surface area (Å²) < 4.78 is 11.7. The van der Waals surface area contributed by atoms with Gasteiger partial charge < -0.3 is 29.9 Å². The summed E-state index contributed by atoms with van der Waals surface area (Å²) in [4.78, 5) is 82.3. The van der Waals surface area contributed by atoms with Gasteiger partial charge in [0.2, 0.25) is 23.6 Å². The Labute approximate surface area is 429 Å². The lowest BCUT2D eigenvalue weighted by Crippen LogP contribution is -2.60. The van der Waals surface area contributed by atoms with Gasteiger partial charge in [0.15, 0.2) is 0 Å². The summed E-state index contributed by atoms with van der Waals surface area (Å²) in [6.07, 6.45) is 6.31. The van der Waals surface area contributed by atoms with Crippen molar-refractivity contribution < 1.29 is 33.4 Å². The minimum atomic E-state index is -0.815. The van der Waals surface area contributed by atoms with Crippen LogP contribution >= 0.6 is 11.3 Å². The van der Waals surface area contributed by atoms with Crippen molar-refractivity contribution in [3.8, 4) is 0 Å². The van der Waals surface area contributed by atoms with Crippen molar-refractivity contribution in [1.82, 2.24) is 30.3 Å². The van der Waals surface area contributed by atoms with Gasteiger partial charge in [0.25, 0.3) is 0 Å². The molecule has 2 fully saturated rings. The van der Waals surface area contributed by atoms with Crippen LogP contribution in [0.1, 0.15) is 130 Å². The van der Waals surface area contributed by atoms with Crippen LogP contribution in [0.5, 0.6) is 0 Å². The zero-order valence-corrected chi connectivity index (χ0v) is 46.0. The number of amides is 5. The van der Waals surface area contributed by atoms with E-state index in [1.165, 1.54) is 16.2 Å². The number of nitrogens with one attached hydrogen (secondary N) is 2. The fourth-order valence-electron chi connectivity index (χ4n) is 10.6. The van der Waals surface area contributed by atoms with Gasteiger partial charge in [0.05, 0.1) is 30.7 Å². The minimum Gasteiger partial charge on any atom is -0.443 e. The van der Waals surface area contributed by atoms with Crippen molar-refractivity contribution in [3.63, 3.8) is 0 Å². The lowest BCUT2D eigenvalue weighted by molar-refractivity contribution is -0.147. The van der Waals surface area contributed by atoms with E-state index in [0.29, 0.717) is 25.9 Å². The lowest BCUT2D eigenvalue weighted by Gasteiger charge is -2.41. The molecule has 3 aromatic rings. The number of ether oxygens (including phenoxy) is 2. The number of likely N-dealkylation sites (N-methyl/N-ethyl adjacent to an activating group) is 2. The molecule has 1 unspecified atom stereocenters. The second-order valence-electron chi connectivity index (χ2n) is 22.0. The van der Waals surface area contributed by atoms with Gasteiger partial charge in [-0.3, -0.25) is 29.0 Å². The van der Waals surface area contributed by atoms with E-state index in [1.54, 1.807) is 32.3 Å². The monoisotopic (exact) mass is 1000 g/mol. The standard InChI is InChI=1S/C56H85N7O7S/c1-15-38(6)49(62(13)53(67)47(36(2)3)59-51(66)48(37(4)5)60(11)32-27-40-23-25-42(26-24-40)61(12)54(68)70-55(8,9)10)44(69-14)35-46(64)63-31-19-22-45(63)56(28-29-56)39(7)50(65)58-43(52-57-30-33-71-52)34-41-20-17-16-18-21-41/h16-18,20-21,23-26,30,33,36-39,43-45,47-49H,15,19,22,27-29,31-32,34-35H2,1-14H3,(H,58,65)(H,59,66)/t38-,39?,43-,44+,45-,47-,48-,49-/m0/s1. The van der Waals surface area contributed by atoms with Crippen LogP contribution in [-0.2, 0) is 41.5 Å². The van der Waals surface area contributed by atoms with Gasteiger partial charge in [-0.05, 0) is 107 Å². The number of rotatable bonds is 24. The van der Waals surface area contributed by atoms with E-state index >= 15 is 0 Å². The van der Waals surface area contributed by atoms with Crippen LogP contribution in [-0.4, -0.2) is 127 Å². The van der Waals surface area contributed by atoms with Gasteiger partial charge in [0.1, 0.15) is 16.7 Å². The highest BCUT2D eigenvalue weighted by Crippen LogP contribution is 2.58. The Morgan fingerprint density at radius 1 is 0.887 bits per heavy atom. The molecule has 15 heteroatoms. The zero-order valence-electron chi connectivity index (χ0n) is 45.2. The maximum absolute atomic E-state index is 14.8. The van der Waals surface area contributed by atoms with Gasteiger partial charge >= 0.3 is 6.09 Å². The van der Waals surface area contributed by atoms with E-state index < -0.39 is 35.9 Å². The number of hydrogen-bond donors (Lipinski definition) is 2. The predicted octanol–water partition coefficient (Wildman–Crippen LogP) is 8.94. The van der Waals surface area contributed by atoms with Crippen LogP contribution in [0.25, 0.3) is 0 Å². The average molecular weight is 1000 g/mol. The second-order valence-corrected chi connectivity index (χ2v) is 22.9. The summed E-state index contributed by atoms with van der Waals surface area (Å²) in [5.74, 6) is -1.11. The summed E-state index contributed by atoms with van der Waals surface area (Å²) >= 11 is 1.54. The molecule has 2 heterocycles. The highest BCUT2D eigenvalue weighted by Gasteiger charge is 2.59. The predicted molar refractivity (Wildman–Crippen MR) is 283 cm³/mol. The van der Waals surface area contributed by atoms with Crippen LogP contribution in [0.4, 0.5) is 10.5 Å². The van der Waals surface area contributed by atoms with Crippen molar-refractivity contribution in [3.05, 3.63) is 82.3 Å². The molecular formula is C56H85N7O7S. The SMILES string of the molecule is CC[C@H](C)[C@@H]([C@@H](CC(=O)N1CCC[C@H]1C1(C(C)C(=O)N[C@@H](Cc2ccccc2)c2nccs2)CC1)OC)N(C)C(=O)[C@@H](NC(=O)[C@H](C(C)C)N(C)CCc1ccc(N(C)C(=O)OC(C)(C)C)cc1)C(C)C. The van der Waals surface area contributed by atoms with Crippen molar-refractivity contribution in [2.45, 2.75) is 163 Å². The fourth-order valence-corrected chi connectivity index (χ4v) is 11.3. The van der Waals surface area contributed by atoms with Gasteiger partial charge in [-0.25, -0.2) is 9.78 Å². The third-order valence-corrected chi connectivity index (χ3v) is 16.0. The van der Waals surface area contributed by atoms with Crippen LogP contribution in [0, 0.1) is 29.1 Å². The molecule has 2 N–H and O–H groups in total. The first kappa shape index (κ1) is 57.0. The molecule has 2 aromatic carbocycles. The van der Waals surface area contributed by atoms with Crippen molar-refractivity contribution in [1.29, 1.82) is 0 Å².